The molecule has 7 nitrogen and oxygen atoms in total. The predicted molar refractivity (Wildman–Crippen MR) is 184 cm³/mol. The first-order valence-electron chi connectivity index (χ1n) is 16.2. The molecular weight excluding hydrogens is 558 g/mol. The molecular formula is C38H47N5O2. The molecule has 0 bridgehead atoms. The number of amides is 2. The first kappa shape index (κ1) is 30.9. The van der Waals surface area contributed by atoms with Crippen LogP contribution in [-0.4, -0.2) is 66.4 Å². The minimum absolute atomic E-state index is 0.0276. The van der Waals surface area contributed by atoms with E-state index >= 15 is 0 Å². The van der Waals surface area contributed by atoms with Gasteiger partial charge in [-0.25, -0.2) is 0 Å². The Bertz CT molecular complexity index is 1670. The van der Waals surface area contributed by atoms with Crippen molar-refractivity contribution in [1.29, 1.82) is 0 Å². The van der Waals surface area contributed by atoms with Crippen LogP contribution in [0.4, 0.5) is 11.4 Å². The molecule has 2 amide bonds. The molecule has 2 aliphatic rings. The van der Waals surface area contributed by atoms with Crippen molar-refractivity contribution in [2.24, 2.45) is 11.3 Å². The van der Waals surface area contributed by atoms with Gasteiger partial charge in [0, 0.05) is 68.1 Å². The first-order chi connectivity index (χ1) is 21.5. The number of aromatic nitrogens is 1. The number of para-hydroxylation sites is 1. The maximum absolute atomic E-state index is 14.7. The standard InChI is InChI=1S/C38H47N5O2/c1-26-34(30-14-10-11-15-32(30)39-26)35-31(37(35,2)3)24-33(44)43(25-27-12-8-7-9-13-27)38(20-22-42(6)23-21-38)36(45)40-28-16-18-29(19-17-28)41(4)5/h7-19,31,35,39H,20-25H2,1-6H3,(H,40,45)/t31-,35+/m1/s1. The highest BCUT2D eigenvalue weighted by Crippen LogP contribution is 2.67. The van der Waals surface area contributed by atoms with Crippen LogP contribution in [0.15, 0.2) is 78.9 Å². The number of fused-ring (bicyclic) bond motifs is 1. The lowest BCUT2D eigenvalue weighted by molar-refractivity contribution is -0.150. The van der Waals surface area contributed by atoms with Crippen LogP contribution in [0, 0.1) is 18.3 Å². The van der Waals surface area contributed by atoms with Gasteiger partial charge in [0.2, 0.25) is 11.8 Å². The van der Waals surface area contributed by atoms with Crippen molar-refractivity contribution in [1.82, 2.24) is 14.8 Å². The molecule has 2 atom stereocenters. The van der Waals surface area contributed by atoms with E-state index in [0.717, 1.165) is 35.5 Å². The molecule has 2 heterocycles. The van der Waals surface area contributed by atoms with Crippen LogP contribution in [0.3, 0.4) is 0 Å². The van der Waals surface area contributed by atoms with Crippen LogP contribution < -0.4 is 10.2 Å². The van der Waals surface area contributed by atoms with Gasteiger partial charge in [-0.3, -0.25) is 9.59 Å². The van der Waals surface area contributed by atoms with Crippen molar-refractivity contribution in [3.63, 3.8) is 0 Å². The number of hydrogen-bond acceptors (Lipinski definition) is 4. The molecule has 3 aromatic carbocycles. The number of aromatic amines is 1. The van der Waals surface area contributed by atoms with Crippen molar-refractivity contribution in [3.05, 3.63) is 95.7 Å². The van der Waals surface area contributed by atoms with E-state index in [9.17, 15) is 9.59 Å². The Labute approximate surface area is 267 Å². The summed E-state index contributed by atoms with van der Waals surface area (Å²) in [5.41, 5.74) is 5.51. The summed E-state index contributed by atoms with van der Waals surface area (Å²) in [4.78, 5) is 39.0. The van der Waals surface area contributed by atoms with Crippen LogP contribution in [-0.2, 0) is 16.1 Å². The number of aryl methyl sites for hydroxylation is 1. The van der Waals surface area contributed by atoms with Crippen LogP contribution in [0.5, 0.6) is 0 Å². The number of hydrogen-bond donors (Lipinski definition) is 2. The molecule has 1 saturated carbocycles. The maximum atomic E-state index is 14.7. The van der Waals surface area contributed by atoms with Crippen LogP contribution >= 0.6 is 0 Å². The number of rotatable bonds is 9. The summed E-state index contributed by atoms with van der Waals surface area (Å²) in [7, 11) is 6.09. The molecule has 45 heavy (non-hydrogen) atoms. The third kappa shape index (κ3) is 5.86. The molecule has 236 valence electrons. The fraction of sp³-hybridized carbons (Fsp3) is 0.421. The van der Waals surface area contributed by atoms with Gasteiger partial charge in [-0.2, -0.15) is 0 Å². The Morgan fingerprint density at radius 3 is 2.24 bits per heavy atom. The van der Waals surface area contributed by atoms with Crippen LogP contribution in [0.1, 0.15) is 55.8 Å². The van der Waals surface area contributed by atoms with E-state index in [4.69, 9.17) is 0 Å². The number of nitrogens with one attached hydrogen (secondary N) is 2. The monoisotopic (exact) mass is 605 g/mol. The van der Waals surface area contributed by atoms with Crippen molar-refractivity contribution in [2.45, 2.75) is 58.0 Å². The van der Waals surface area contributed by atoms with Gasteiger partial charge < -0.3 is 25.0 Å². The second-order valence-electron chi connectivity index (χ2n) is 14.0. The molecule has 0 unspecified atom stereocenters. The van der Waals surface area contributed by atoms with E-state index in [1.54, 1.807) is 0 Å². The number of carbonyl (C=O) groups is 2. The zero-order valence-corrected chi connectivity index (χ0v) is 27.6. The van der Waals surface area contributed by atoms with Crippen molar-refractivity contribution >= 4 is 34.1 Å². The molecule has 7 heteroatoms. The Morgan fingerprint density at radius 1 is 0.933 bits per heavy atom. The summed E-state index contributed by atoms with van der Waals surface area (Å²) < 4.78 is 0. The molecule has 1 aromatic heterocycles. The van der Waals surface area contributed by atoms with E-state index in [2.05, 4.69) is 79.4 Å². The largest absolute Gasteiger partial charge is 0.378 e. The fourth-order valence-corrected chi connectivity index (χ4v) is 7.64. The maximum Gasteiger partial charge on any atom is 0.250 e. The van der Waals surface area contributed by atoms with Crippen LogP contribution in [0.25, 0.3) is 10.9 Å². The van der Waals surface area contributed by atoms with Gasteiger partial charge in [-0.15, -0.1) is 0 Å². The molecule has 6 rings (SSSR count). The Balaban J connectivity index is 1.33. The zero-order valence-electron chi connectivity index (χ0n) is 27.6. The Morgan fingerprint density at radius 2 is 1.58 bits per heavy atom. The lowest BCUT2D eigenvalue weighted by Crippen LogP contribution is -2.62. The van der Waals surface area contributed by atoms with Gasteiger partial charge in [0.25, 0.3) is 0 Å². The SMILES string of the molecule is Cc1[nH]c2ccccc2c1[C@@H]1[C@@H](CC(=O)N(Cc2ccccc2)C2(C(=O)Nc3ccc(N(C)C)cc3)CCN(C)CC2)C1(C)C. The van der Waals surface area contributed by atoms with Gasteiger partial charge in [-0.05, 0) is 85.5 Å². The number of carbonyl (C=O) groups excluding carboxylic acids is 2. The number of piperidine rings is 1. The normalized spacial score (nSPS) is 20.5. The third-order valence-electron chi connectivity index (χ3n) is 10.6. The van der Waals surface area contributed by atoms with Crippen molar-refractivity contribution in [3.8, 4) is 0 Å². The highest BCUT2D eigenvalue weighted by Gasteiger charge is 2.60. The summed E-state index contributed by atoms with van der Waals surface area (Å²) >= 11 is 0. The quantitative estimate of drug-likeness (QED) is 0.220. The average Bonchev–Trinajstić information content (AvgIpc) is 3.37. The van der Waals surface area contributed by atoms with E-state index in [1.165, 1.54) is 16.6 Å². The summed E-state index contributed by atoms with van der Waals surface area (Å²) in [6.45, 7) is 8.62. The summed E-state index contributed by atoms with van der Waals surface area (Å²) in [6.07, 6.45) is 1.58. The summed E-state index contributed by atoms with van der Waals surface area (Å²) in [6, 6.07) is 26.5. The van der Waals surface area contributed by atoms with Crippen LogP contribution in [0.2, 0.25) is 0 Å². The molecule has 1 saturated heterocycles. The number of nitrogens with zero attached hydrogens (tertiary/aromatic N) is 3. The highest BCUT2D eigenvalue weighted by molar-refractivity contribution is 6.01. The van der Waals surface area contributed by atoms with E-state index in [0.29, 0.717) is 25.8 Å². The Kier molecular flexibility index (Phi) is 8.25. The number of likely N-dealkylation sites (tertiary alicyclic amines) is 1. The molecule has 2 fully saturated rings. The summed E-state index contributed by atoms with van der Waals surface area (Å²) in [5.74, 6) is 0.413. The van der Waals surface area contributed by atoms with Crippen molar-refractivity contribution in [2.75, 3.05) is 44.4 Å². The van der Waals surface area contributed by atoms with Gasteiger partial charge in [0.1, 0.15) is 5.54 Å². The van der Waals surface area contributed by atoms with Gasteiger partial charge >= 0.3 is 0 Å². The minimum atomic E-state index is -0.953. The van der Waals surface area contributed by atoms with E-state index in [1.807, 2.05) is 66.4 Å². The fourth-order valence-electron chi connectivity index (χ4n) is 7.64. The lowest BCUT2D eigenvalue weighted by atomic mass is 9.83. The van der Waals surface area contributed by atoms with Gasteiger partial charge in [-0.1, -0.05) is 62.4 Å². The number of anilines is 2. The number of benzene rings is 3. The molecule has 4 aromatic rings. The Hall–Kier alpha value is -4.10. The molecule has 0 spiro atoms. The van der Waals surface area contributed by atoms with E-state index in [-0.39, 0.29) is 29.1 Å². The third-order valence-corrected chi connectivity index (χ3v) is 10.6. The molecule has 1 aliphatic carbocycles. The first-order valence-corrected chi connectivity index (χ1v) is 16.2. The summed E-state index contributed by atoms with van der Waals surface area (Å²) in [5, 5.41) is 4.47. The molecule has 0 radical (unpaired) electrons. The number of H-pyrrole nitrogens is 1. The topological polar surface area (TPSA) is 71.7 Å². The van der Waals surface area contributed by atoms with Gasteiger partial charge in [0.15, 0.2) is 0 Å². The smallest absolute Gasteiger partial charge is 0.250 e. The minimum Gasteiger partial charge on any atom is -0.378 e. The molecule has 1 aliphatic heterocycles. The average molecular weight is 606 g/mol. The second-order valence-corrected chi connectivity index (χ2v) is 14.0. The highest BCUT2D eigenvalue weighted by atomic mass is 16.2. The second kappa shape index (κ2) is 12.0. The van der Waals surface area contributed by atoms with Crippen molar-refractivity contribution < 1.29 is 9.59 Å². The molecule has 2 N–H and O–H groups in total. The van der Waals surface area contributed by atoms with Gasteiger partial charge in [0.05, 0.1) is 0 Å². The predicted octanol–water partition coefficient (Wildman–Crippen LogP) is 6.80. The zero-order chi connectivity index (χ0) is 31.9. The van der Waals surface area contributed by atoms with E-state index < -0.39 is 5.54 Å². The lowest BCUT2D eigenvalue weighted by Gasteiger charge is -2.47.